The first-order valence-electron chi connectivity index (χ1n) is 3.63. The molecule has 1 aliphatic rings. The Labute approximate surface area is 72.2 Å². The molecule has 0 radical (unpaired) electrons. The van der Waals surface area contributed by atoms with Crippen molar-refractivity contribution in [2.45, 2.75) is 31.1 Å². The summed E-state index contributed by atoms with van der Waals surface area (Å²) in [5.74, 6) is 0.155. The molecule has 1 aliphatic carbocycles. The van der Waals surface area contributed by atoms with Crippen molar-refractivity contribution < 1.29 is 8.42 Å². The Morgan fingerprint density at radius 2 is 2.18 bits per heavy atom. The van der Waals surface area contributed by atoms with E-state index in [1.54, 1.807) is 6.92 Å². The van der Waals surface area contributed by atoms with Crippen molar-refractivity contribution in [2.75, 3.05) is 5.88 Å². The van der Waals surface area contributed by atoms with Crippen LogP contribution in [0.5, 0.6) is 0 Å². The third-order valence-electron chi connectivity index (χ3n) is 1.66. The van der Waals surface area contributed by atoms with Gasteiger partial charge in [-0.3, -0.25) is 0 Å². The average Bonchev–Trinajstić information content (AvgIpc) is 2.69. The smallest absolute Gasteiger partial charge is 0.212 e. The summed E-state index contributed by atoms with van der Waals surface area (Å²) >= 11 is 5.42. The molecule has 0 saturated heterocycles. The second-order valence-electron chi connectivity index (χ2n) is 2.90. The van der Waals surface area contributed by atoms with Gasteiger partial charge >= 0.3 is 0 Å². The third-order valence-corrected chi connectivity index (χ3v) is 4.19. The van der Waals surface area contributed by atoms with E-state index in [0.717, 1.165) is 12.8 Å². The van der Waals surface area contributed by atoms with Gasteiger partial charge < -0.3 is 0 Å². The molecule has 5 heteroatoms. The van der Waals surface area contributed by atoms with Crippen LogP contribution in [0.15, 0.2) is 0 Å². The van der Waals surface area contributed by atoms with Crippen molar-refractivity contribution in [2.24, 2.45) is 0 Å². The Morgan fingerprint density at radius 1 is 1.64 bits per heavy atom. The molecule has 11 heavy (non-hydrogen) atoms. The van der Waals surface area contributed by atoms with E-state index in [1.807, 2.05) is 0 Å². The maximum Gasteiger partial charge on any atom is 0.215 e. The molecule has 1 N–H and O–H groups in total. The lowest BCUT2D eigenvalue weighted by atomic mass is 10.6. The Hall–Kier alpha value is 0.200. The molecule has 0 amide bonds. The lowest BCUT2D eigenvalue weighted by Crippen LogP contribution is -2.34. The van der Waals surface area contributed by atoms with Crippen molar-refractivity contribution in [3.8, 4) is 0 Å². The van der Waals surface area contributed by atoms with Crippen LogP contribution in [0, 0.1) is 0 Å². The van der Waals surface area contributed by atoms with Gasteiger partial charge in [-0.2, -0.15) is 0 Å². The van der Waals surface area contributed by atoms with Crippen LogP contribution >= 0.6 is 11.6 Å². The maximum atomic E-state index is 11.2. The third kappa shape index (κ3) is 2.61. The van der Waals surface area contributed by atoms with Gasteiger partial charge in [0.1, 0.15) is 0 Å². The summed E-state index contributed by atoms with van der Waals surface area (Å²) in [5.41, 5.74) is 0. The van der Waals surface area contributed by atoms with Gasteiger partial charge in [0.15, 0.2) is 0 Å². The molecule has 0 heterocycles. The zero-order chi connectivity index (χ0) is 8.48. The lowest BCUT2D eigenvalue weighted by molar-refractivity contribution is 0.572. The van der Waals surface area contributed by atoms with Gasteiger partial charge in [-0.15, -0.1) is 11.6 Å². The Bertz CT molecular complexity index is 223. The Balaban J connectivity index is 2.50. The van der Waals surface area contributed by atoms with Crippen LogP contribution in [0.4, 0.5) is 0 Å². The van der Waals surface area contributed by atoms with E-state index in [-0.39, 0.29) is 11.9 Å². The molecule has 0 bridgehead atoms. The van der Waals surface area contributed by atoms with Crippen LogP contribution in [0.1, 0.15) is 19.8 Å². The van der Waals surface area contributed by atoms with Gasteiger partial charge in [-0.05, 0) is 19.8 Å². The van der Waals surface area contributed by atoms with Crippen molar-refractivity contribution >= 4 is 21.6 Å². The second kappa shape index (κ2) is 3.29. The first kappa shape index (κ1) is 9.29. The topological polar surface area (TPSA) is 46.2 Å². The van der Waals surface area contributed by atoms with Crippen molar-refractivity contribution in [3.05, 3.63) is 0 Å². The minimum absolute atomic E-state index is 0.155. The molecule has 1 fully saturated rings. The number of hydrogen-bond acceptors (Lipinski definition) is 2. The molecular formula is C6H12ClNO2S. The van der Waals surface area contributed by atoms with E-state index >= 15 is 0 Å². The van der Waals surface area contributed by atoms with Crippen LogP contribution in [-0.2, 0) is 10.0 Å². The van der Waals surface area contributed by atoms with Gasteiger partial charge in [0, 0.05) is 11.9 Å². The van der Waals surface area contributed by atoms with Gasteiger partial charge in [0.25, 0.3) is 0 Å². The van der Waals surface area contributed by atoms with Crippen molar-refractivity contribution in [1.29, 1.82) is 0 Å². The quantitative estimate of drug-likeness (QED) is 0.675. The number of hydrogen-bond donors (Lipinski definition) is 1. The summed E-state index contributed by atoms with van der Waals surface area (Å²) in [6.45, 7) is 1.61. The normalized spacial score (nSPS) is 21.6. The van der Waals surface area contributed by atoms with E-state index in [9.17, 15) is 8.42 Å². The first-order chi connectivity index (χ1) is 5.06. The molecule has 3 nitrogen and oxygen atoms in total. The highest BCUT2D eigenvalue weighted by atomic mass is 35.5. The van der Waals surface area contributed by atoms with E-state index in [0.29, 0.717) is 0 Å². The number of nitrogens with one attached hydrogen (secondary N) is 1. The van der Waals surface area contributed by atoms with E-state index in [1.165, 1.54) is 0 Å². The maximum absolute atomic E-state index is 11.2. The van der Waals surface area contributed by atoms with Gasteiger partial charge in [0.2, 0.25) is 10.0 Å². The molecule has 1 atom stereocenters. The second-order valence-corrected chi connectivity index (χ2v) is 5.34. The summed E-state index contributed by atoms with van der Waals surface area (Å²) in [6, 6.07) is 0.186. The molecule has 0 aromatic heterocycles. The average molecular weight is 198 g/mol. The van der Waals surface area contributed by atoms with Gasteiger partial charge in [-0.25, -0.2) is 13.1 Å². The van der Waals surface area contributed by atoms with Gasteiger partial charge in [-0.1, -0.05) is 0 Å². The van der Waals surface area contributed by atoms with Crippen LogP contribution < -0.4 is 4.72 Å². The molecule has 0 aliphatic heterocycles. The summed E-state index contributed by atoms with van der Waals surface area (Å²) in [5, 5.41) is -0.482. The fourth-order valence-corrected chi connectivity index (χ4v) is 2.23. The predicted octanol–water partition coefficient (Wildman–Crippen LogP) is 0.696. The predicted molar refractivity (Wildman–Crippen MR) is 45.3 cm³/mol. The highest BCUT2D eigenvalue weighted by Crippen LogP contribution is 2.20. The van der Waals surface area contributed by atoms with Crippen LogP contribution in [-0.4, -0.2) is 25.6 Å². The Morgan fingerprint density at radius 3 is 2.55 bits per heavy atom. The fraction of sp³-hybridized carbons (Fsp3) is 1.00. The highest BCUT2D eigenvalue weighted by Gasteiger charge is 2.29. The van der Waals surface area contributed by atoms with Crippen LogP contribution in [0.25, 0.3) is 0 Å². The zero-order valence-corrected chi connectivity index (χ0v) is 7.95. The molecule has 0 spiro atoms. The first-order valence-corrected chi connectivity index (χ1v) is 5.71. The Kier molecular flexibility index (Phi) is 2.78. The van der Waals surface area contributed by atoms with Crippen molar-refractivity contribution in [1.82, 2.24) is 4.72 Å². The molecule has 1 saturated carbocycles. The number of sulfonamides is 1. The van der Waals surface area contributed by atoms with Crippen LogP contribution in [0.3, 0.4) is 0 Å². The molecule has 0 aromatic rings. The molecule has 1 rings (SSSR count). The fourth-order valence-electron chi connectivity index (χ4n) is 0.633. The minimum Gasteiger partial charge on any atom is -0.212 e. The molecule has 66 valence electrons. The van der Waals surface area contributed by atoms with Gasteiger partial charge in [0.05, 0.1) is 5.25 Å². The monoisotopic (exact) mass is 197 g/mol. The molecule has 1 unspecified atom stereocenters. The molecule has 0 aromatic carbocycles. The van der Waals surface area contributed by atoms with Crippen LogP contribution in [0.2, 0.25) is 0 Å². The zero-order valence-electron chi connectivity index (χ0n) is 6.38. The molecular weight excluding hydrogens is 186 g/mol. The number of alkyl halides is 1. The van der Waals surface area contributed by atoms with E-state index in [2.05, 4.69) is 4.72 Å². The SMILES string of the molecule is CC(CCl)S(=O)(=O)NC1CC1. The van der Waals surface area contributed by atoms with E-state index in [4.69, 9.17) is 11.6 Å². The summed E-state index contributed by atoms with van der Waals surface area (Å²) in [4.78, 5) is 0. The summed E-state index contributed by atoms with van der Waals surface area (Å²) < 4.78 is 25.0. The largest absolute Gasteiger partial charge is 0.215 e. The number of rotatable bonds is 4. The highest BCUT2D eigenvalue weighted by molar-refractivity contribution is 7.90. The summed E-state index contributed by atoms with van der Waals surface area (Å²) in [6.07, 6.45) is 1.93. The van der Waals surface area contributed by atoms with Crippen molar-refractivity contribution in [3.63, 3.8) is 0 Å². The standard InChI is InChI=1S/C6H12ClNO2S/c1-5(4-7)11(9,10)8-6-2-3-6/h5-6,8H,2-4H2,1H3. The lowest BCUT2D eigenvalue weighted by Gasteiger charge is -2.09. The minimum atomic E-state index is -3.13. The van der Waals surface area contributed by atoms with E-state index < -0.39 is 15.3 Å². The number of halogens is 1. The summed E-state index contributed by atoms with van der Waals surface area (Å²) in [7, 11) is -3.13.